The van der Waals surface area contributed by atoms with Crippen LogP contribution >= 0.6 is 0 Å². The van der Waals surface area contributed by atoms with Crippen LogP contribution in [-0.4, -0.2) is 20.1 Å². The van der Waals surface area contributed by atoms with Gasteiger partial charge in [-0.25, -0.2) is 15.0 Å². The quantitative estimate of drug-likeness (QED) is 0.195. The van der Waals surface area contributed by atoms with Crippen molar-refractivity contribution in [1.29, 1.82) is 0 Å². The van der Waals surface area contributed by atoms with Crippen molar-refractivity contribution < 1.29 is 9.52 Å². The lowest BCUT2D eigenvalue weighted by Gasteiger charge is -2.24. The third kappa shape index (κ3) is 5.57. The molecule has 1 N–H and O–H groups in total. The smallest absolute Gasteiger partial charge is 0.180 e. The Morgan fingerprint density at radius 1 is 0.633 bits per heavy atom. The van der Waals surface area contributed by atoms with Crippen molar-refractivity contribution in [3.63, 3.8) is 0 Å². The van der Waals surface area contributed by atoms with Gasteiger partial charge in [-0.15, -0.1) is 0 Å². The van der Waals surface area contributed by atoms with E-state index in [0.717, 1.165) is 50.4 Å². The van der Waals surface area contributed by atoms with Gasteiger partial charge >= 0.3 is 0 Å². The van der Waals surface area contributed by atoms with E-state index in [1.807, 2.05) is 97.1 Å². The summed E-state index contributed by atoms with van der Waals surface area (Å²) in [6, 6.07) is 46.4. The minimum Gasteiger partial charge on any atom is -0.507 e. The molecule has 49 heavy (non-hydrogen) atoms. The Bertz CT molecular complexity index is 2390. The number of nitrogens with zero attached hydrogens (tertiary/aromatic N) is 4. The average molecular weight is 639 g/mol. The van der Waals surface area contributed by atoms with Gasteiger partial charge in [0.25, 0.3) is 0 Å². The van der Waals surface area contributed by atoms with Crippen LogP contribution in [0.1, 0.15) is 26.3 Å². The van der Waals surface area contributed by atoms with Crippen LogP contribution in [0.5, 0.6) is 5.75 Å². The van der Waals surface area contributed by atoms with E-state index in [4.69, 9.17) is 19.4 Å². The zero-order valence-electron chi connectivity index (χ0n) is 27.5. The number of aromatic hydroxyl groups is 1. The summed E-state index contributed by atoms with van der Waals surface area (Å²) < 4.78 is 6.49. The molecule has 0 aliphatic carbocycles. The van der Waals surface area contributed by atoms with Gasteiger partial charge in [-0.2, -0.15) is 0 Å². The molecule has 0 radical (unpaired) electrons. The van der Waals surface area contributed by atoms with Crippen LogP contribution in [0.3, 0.4) is 0 Å². The topological polar surface area (TPSA) is 75.3 Å². The molecule has 5 aromatic carbocycles. The molecule has 0 bridgehead atoms. The number of hydrogen-bond donors (Lipinski definition) is 1. The molecule has 3 aromatic heterocycles. The maximum atomic E-state index is 11.9. The number of aromatic nitrogens is 3. The number of rotatable bonds is 6. The third-order valence-electron chi connectivity index (χ3n) is 8.76. The average Bonchev–Trinajstić information content (AvgIpc) is 3.51. The highest BCUT2D eigenvalue weighted by Crippen LogP contribution is 2.44. The van der Waals surface area contributed by atoms with Gasteiger partial charge in [0, 0.05) is 34.1 Å². The normalized spacial score (nSPS) is 11.7. The van der Waals surface area contributed by atoms with E-state index in [-0.39, 0.29) is 11.2 Å². The van der Waals surface area contributed by atoms with Gasteiger partial charge in [0.1, 0.15) is 28.4 Å². The predicted octanol–water partition coefficient (Wildman–Crippen LogP) is 11.2. The first kappa shape index (κ1) is 30.1. The molecule has 8 rings (SSSR count). The van der Waals surface area contributed by atoms with Crippen molar-refractivity contribution in [2.45, 2.75) is 26.2 Å². The number of furan rings is 1. The first-order chi connectivity index (χ1) is 23.8. The molecule has 0 aliphatic rings. The molecule has 0 saturated heterocycles. The Morgan fingerprint density at radius 2 is 1.33 bits per heavy atom. The fourth-order valence-corrected chi connectivity index (χ4v) is 6.35. The number of fused-ring (bicyclic) bond motifs is 3. The molecular formula is C43H34N4O2. The number of hydrogen-bond acceptors (Lipinski definition) is 6. The van der Waals surface area contributed by atoms with E-state index < -0.39 is 0 Å². The van der Waals surface area contributed by atoms with E-state index >= 15 is 0 Å². The van der Waals surface area contributed by atoms with Crippen LogP contribution in [0.15, 0.2) is 150 Å². The SMILES string of the molecule is CC(C)(C)c1cc(-c2ccccc2)cc(-c2nc(-c3cccc(N(c4ccccc4)c4ccccn4)c3)c3oc4ccccc4c3n2)c1O. The van der Waals surface area contributed by atoms with E-state index in [1.54, 1.807) is 6.20 Å². The molecule has 0 unspecified atom stereocenters. The van der Waals surface area contributed by atoms with Gasteiger partial charge in [-0.05, 0) is 77.2 Å². The van der Waals surface area contributed by atoms with E-state index in [0.29, 0.717) is 28.2 Å². The van der Waals surface area contributed by atoms with Crippen molar-refractivity contribution in [3.05, 3.63) is 151 Å². The fraction of sp³-hybridized carbons (Fsp3) is 0.0930. The zero-order chi connectivity index (χ0) is 33.5. The van der Waals surface area contributed by atoms with E-state index in [2.05, 4.69) is 68.1 Å². The number of phenolic OH excluding ortho intramolecular Hbond substituents is 1. The van der Waals surface area contributed by atoms with Crippen molar-refractivity contribution in [3.8, 4) is 39.5 Å². The number of pyridine rings is 1. The van der Waals surface area contributed by atoms with Crippen LogP contribution in [0.4, 0.5) is 17.2 Å². The summed E-state index contributed by atoms with van der Waals surface area (Å²) in [5, 5.41) is 12.8. The van der Waals surface area contributed by atoms with Crippen molar-refractivity contribution in [2.75, 3.05) is 4.90 Å². The molecule has 6 nitrogen and oxygen atoms in total. The zero-order valence-corrected chi connectivity index (χ0v) is 27.5. The van der Waals surface area contributed by atoms with Crippen molar-refractivity contribution in [1.82, 2.24) is 15.0 Å². The van der Waals surface area contributed by atoms with Crippen LogP contribution < -0.4 is 4.90 Å². The summed E-state index contributed by atoms with van der Waals surface area (Å²) in [5.74, 6) is 1.38. The van der Waals surface area contributed by atoms with Gasteiger partial charge in [0.15, 0.2) is 11.4 Å². The summed E-state index contributed by atoms with van der Waals surface area (Å²) in [6.45, 7) is 6.31. The summed E-state index contributed by atoms with van der Waals surface area (Å²) in [6.07, 6.45) is 1.80. The minimum absolute atomic E-state index is 0.171. The second kappa shape index (κ2) is 12.1. The van der Waals surface area contributed by atoms with Crippen molar-refractivity contribution >= 4 is 39.3 Å². The number of para-hydroxylation sites is 2. The van der Waals surface area contributed by atoms with Crippen LogP contribution in [0.2, 0.25) is 0 Å². The molecule has 3 heterocycles. The Morgan fingerprint density at radius 3 is 2.08 bits per heavy atom. The second-order valence-electron chi connectivity index (χ2n) is 13.1. The number of phenols is 1. The minimum atomic E-state index is -0.334. The van der Waals surface area contributed by atoms with Crippen LogP contribution in [-0.2, 0) is 5.41 Å². The van der Waals surface area contributed by atoms with Gasteiger partial charge in [-0.1, -0.05) is 99.6 Å². The second-order valence-corrected chi connectivity index (χ2v) is 13.1. The molecule has 0 atom stereocenters. The predicted molar refractivity (Wildman–Crippen MR) is 198 cm³/mol. The Balaban J connectivity index is 1.38. The van der Waals surface area contributed by atoms with E-state index in [9.17, 15) is 5.11 Å². The molecule has 0 spiro atoms. The first-order valence-electron chi connectivity index (χ1n) is 16.3. The molecule has 0 saturated carbocycles. The summed E-state index contributed by atoms with van der Waals surface area (Å²) >= 11 is 0. The number of benzene rings is 5. The van der Waals surface area contributed by atoms with Crippen LogP contribution in [0.25, 0.3) is 55.8 Å². The summed E-state index contributed by atoms with van der Waals surface area (Å²) in [7, 11) is 0. The molecule has 0 fully saturated rings. The fourth-order valence-electron chi connectivity index (χ4n) is 6.35. The molecule has 238 valence electrons. The Labute approximate surface area is 285 Å². The lowest BCUT2D eigenvalue weighted by Crippen LogP contribution is -2.12. The largest absolute Gasteiger partial charge is 0.507 e. The Kier molecular flexibility index (Phi) is 7.41. The lowest BCUT2D eigenvalue weighted by molar-refractivity contribution is 0.448. The maximum Gasteiger partial charge on any atom is 0.180 e. The van der Waals surface area contributed by atoms with Crippen molar-refractivity contribution in [2.24, 2.45) is 0 Å². The molecule has 0 aliphatic heterocycles. The maximum absolute atomic E-state index is 11.9. The van der Waals surface area contributed by atoms with Gasteiger partial charge in [0.2, 0.25) is 0 Å². The van der Waals surface area contributed by atoms with Crippen LogP contribution in [0, 0.1) is 0 Å². The standard InChI is InChI=1S/C43H34N4O2/c1-43(2,3)35-27-30(28-15-6-4-7-16-28)26-34(40(35)48)42-45-38(41-39(46-42)33-21-10-11-22-36(33)49-41)29-17-14-20-32(25-29)47(31-18-8-5-9-19-31)37-23-12-13-24-44-37/h4-27,48H,1-3H3. The highest BCUT2D eigenvalue weighted by Gasteiger charge is 2.26. The third-order valence-corrected chi connectivity index (χ3v) is 8.76. The molecule has 6 heteroatoms. The lowest BCUT2D eigenvalue weighted by atomic mass is 9.83. The first-order valence-corrected chi connectivity index (χ1v) is 16.3. The highest BCUT2D eigenvalue weighted by molar-refractivity contribution is 6.07. The number of anilines is 3. The Hall–Kier alpha value is -6.27. The van der Waals surface area contributed by atoms with Gasteiger partial charge in [0.05, 0.1) is 5.56 Å². The molecule has 0 amide bonds. The van der Waals surface area contributed by atoms with Gasteiger partial charge in [-0.3, -0.25) is 4.90 Å². The molecule has 8 aromatic rings. The molecular weight excluding hydrogens is 604 g/mol. The summed E-state index contributed by atoms with van der Waals surface area (Å²) in [4.78, 5) is 17.1. The van der Waals surface area contributed by atoms with E-state index in [1.165, 1.54) is 0 Å². The highest BCUT2D eigenvalue weighted by atomic mass is 16.3. The van der Waals surface area contributed by atoms with Gasteiger partial charge < -0.3 is 9.52 Å². The summed E-state index contributed by atoms with van der Waals surface area (Å²) in [5.41, 5.74) is 8.45. The monoisotopic (exact) mass is 638 g/mol.